The minimum Gasteiger partial charge on any atom is -0.494 e. The zero-order chi connectivity index (χ0) is 22.0. The van der Waals surface area contributed by atoms with E-state index in [4.69, 9.17) is 21.4 Å². The van der Waals surface area contributed by atoms with Gasteiger partial charge in [0.05, 0.1) is 22.1 Å². The molecule has 1 fully saturated rings. The van der Waals surface area contributed by atoms with Crippen molar-refractivity contribution in [3.05, 3.63) is 81.4 Å². The van der Waals surface area contributed by atoms with E-state index in [0.29, 0.717) is 38.6 Å². The number of ether oxygens (including phenoxy) is 1. The highest BCUT2D eigenvalue weighted by Gasteiger charge is 2.33. The van der Waals surface area contributed by atoms with Gasteiger partial charge in [0.25, 0.3) is 11.6 Å². The summed E-state index contributed by atoms with van der Waals surface area (Å²) in [5.41, 5.74) is 1.38. The molecule has 2 heterocycles. The number of furan rings is 1. The Morgan fingerprint density at radius 1 is 1.13 bits per heavy atom. The molecular weight excluding hydrogens is 436 g/mol. The van der Waals surface area contributed by atoms with Crippen LogP contribution in [0.5, 0.6) is 5.75 Å². The van der Waals surface area contributed by atoms with Crippen LogP contribution in [-0.2, 0) is 4.79 Å². The summed E-state index contributed by atoms with van der Waals surface area (Å²) < 4.78 is 11.7. The second-order valence-corrected chi connectivity index (χ2v) is 8.13. The van der Waals surface area contributed by atoms with Crippen LogP contribution in [0.25, 0.3) is 17.4 Å². The van der Waals surface area contributed by atoms with E-state index in [1.165, 1.54) is 28.8 Å². The monoisotopic (exact) mass is 452 g/mol. The van der Waals surface area contributed by atoms with E-state index in [-0.39, 0.29) is 11.6 Å². The first-order valence-corrected chi connectivity index (χ1v) is 10.5. The zero-order valence-corrected chi connectivity index (χ0v) is 17.9. The number of thioether (sulfide) groups is 1. The highest BCUT2D eigenvalue weighted by molar-refractivity contribution is 8.27. The molecule has 1 aliphatic heterocycles. The van der Waals surface area contributed by atoms with Gasteiger partial charge in [0.1, 0.15) is 17.3 Å². The van der Waals surface area contributed by atoms with Crippen LogP contribution in [0.4, 0.5) is 11.4 Å². The Morgan fingerprint density at radius 2 is 1.84 bits per heavy atom. The van der Waals surface area contributed by atoms with E-state index in [9.17, 15) is 14.9 Å². The molecular formula is C22H16N2O5S2. The Morgan fingerprint density at radius 3 is 2.48 bits per heavy atom. The lowest BCUT2D eigenvalue weighted by molar-refractivity contribution is -0.384. The van der Waals surface area contributed by atoms with E-state index in [1.54, 1.807) is 54.6 Å². The quantitative estimate of drug-likeness (QED) is 0.206. The number of hydrogen-bond acceptors (Lipinski definition) is 7. The van der Waals surface area contributed by atoms with Gasteiger partial charge in [-0.25, -0.2) is 0 Å². The molecule has 0 spiro atoms. The smallest absolute Gasteiger partial charge is 0.270 e. The molecule has 0 bridgehead atoms. The standard InChI is InChI=1S/C22H16N2O5S2/c1-2-28-17-9-7-15(8-10-17)23-21(25)20(31-22(23)30)13-18-11-12-19(29-18)14-3-5-16(6-4-14)24(26)27/h3-13H,2H2,1H3/b20-13+. The average molecular weight is 453 g/mol. The van der Waals surface area contributed by atoms with Crippen molar-refractivity contribution in [1.82, 2.24) is 0 Å². The molecule has 0 saturated carbocycles. The maximum atomic E-state index is 12.9. The summed E-state index contributed by atoms with van der Waals surface area (Å²) in [4.78, 5) is 25.2. The van der Waals surface area contributed by atoms with E-state index >= 15 is 0 Å². The second kappa shape index (κ2) is 8.75. The van der Waals surface area contributed by atoms with E-state index in [1.807, 2.05) is 6.92 Å². The molecule has 1 aromatic heterocycles. The van der Waals surface area contributed by atoms with E-state index in [2.05, 4.69) is 0 Å². The summed E-state index contributed by atoms with van der Waals surface area (Å²) in [6.07, 6.45) is 1.64. The number of hydrogen-bond donors (Lipinski definition) is 0. The van der Waals surface area contributed by atoms with Crippen molar-refractivity contribution in [2.75, 3.05) is 11.5 Å². The van der Waals surface area contributed by atoms with Crippen LogP contribution in [0, 0.1) is 10.1 Å². The van der Waals surface area contributed by atoms with Crippen LogP contribution >= 0.6 is 24.0 Å². The van der Waals surface area contributed by atoms with Crippen molar-refractivity contribution in [1.29, 1.82) is 0 Å². The largest absolute Gasteiger partial charge is 0.494 e. The summed E-state index contributed by atoms with van der Waals surface area (Å²) >= 11 is 6.60. The van der Waals surface area contributed by atoms with Gasteiger partial charge in [-0.2, -0.15) is 0 Å². The summed E-state index contributed by atoms with van der Waals surface area (Å²) in [7, 11) is 0. The average Bonchev–Trinajstić information content (AvgIpc) is 3.34. The van der Waals surface area contributed by atoms with Crippen LogP contribution in [0.2, 0.25) is 0 Å². The van der Waals surface area contributed by atoms with Crippen LogP contribution < -0.4 is 9.64 Å². The predicted molar refractivity (Wildman–Crippen MR) is 124 cm³/mol. The molecule has 0 unspecified atom stereocenters. The third-order valence-electron chi connectivity index (χ3n) is 4.46. The van der Waals surface area contributed by atoms with Gasteiger partial charge in [0, 0.05) is 23.8 Å². The minimum atomic E-state index is -0.455. The third kappa shape index (κ3) is 4.37. The van der Waals surface area contributed by atoms with Crippen LogP contribution in [0.15, 0.2) is 70.0 Å². The van der Waals surface area contributed by atoms with Gasteiger partial charge in [-0.05, 0) is 55.5 Å². The molecule has 1 saturated heterocycles. The van der Waals surface area contributed by atoms with Gasteiger partial charge >= 0.3 is 0 Å². The summed E-state index contributed by atoms with van der Waals surface area (Å²) in [6, 6.07) is 16.7. The molecule has 0 atom stereocenters. The topological polar surface area (TPSA) is 85.8 Å². The van der Waals surface area contributed by atoms with Crippen molar-refractivity contribution in [3.8, 4) is 17.1 Å². The third-order valence-corrected chi connectivity index (χ3v) is 5.76. The Balaban J connectivity index is 1.54. The fourth-order valence-electron chi connectivity index (χ4n) is 3.01. The number of amides is 1. The Labute approximate surface area is 187 Å². The lowest BCUT2D eigenvalue weighted by atomic mass is 10.1. The second-order valence-electron chi connectivity index (χ2n) is 6.45. The lowest BCUT2D eigenvalue weighted by Gasteiger charge is -2.15. The first-order valence-electron chi connectivity index (χ1n) is 9.31. The van der Waals surface area contributed by atoms with Gasteiger partial charge < -0.3 is 9.15 Å². The molecule has 9 heteroatoms. The Kier molecular flexibility index (Phi) is 5.88. The van der Waals surface area contributed by atoms with E-state index < -0.39 is 4.92 Å². The first-order chi connectivity index (χ1) is 15.0. The number of anilines is 1. The molecule has 3 aromatic rings. The normalized spacial score (nSPS) is 15.0. The minimum absolute atomic E-state index is 0.00786. The molecule has 156 valence electrons. The number of rotatable bonds is 6. The highest BCUT2D eigenvalue weighted by atomic mass is 32.2. The maximum Gasteiger partial charge on any atom is 0.270 e. The Hall–Kier alpha value is -3.43. The molecule has 4 rings (SSSR count). The van der Waals surface area contributed by atoms with E-state index in [0.717, 1.165) is 5.75 Å². The maximum absolute atomic E-state index is 12.9. The molecule has 0 N–H and O–H groups in total. The van der Waals surface area contributed by atoms with Gasteiger partial charge in [0.15, 0.2) is 4.32 Å². The number of benzene rings is 2. The van der Waals surface area contributed by atoms with Gasteiger partial charge in [-0.15, -0.1) is 0 Å². The molecule has 7 nitrogen and oxygen atoms in total. The predicted octanol–water partition coefficient (Wildman–Crippen LogP) is 5.66. The highest BCUT2D eigenvalue weighted by Crippen LogP contribution is 2.37. The number of nitro benzene ring substituents is 1. The fraction of sp³-hybridized carbons (Fsp3) is 0.0909. The number of carbonyl (C=O) groups excluding carboxylic acids is 1. The fourth-order valence-corrected chi connectivity index (χ4v) is 4.29. The molecule has 31 heavy (non-hydrogen) atoms. The van der Waals surface area contributed by atoms with Crippen molar-refractivity contribution in [2.45, 2.75) is 6.92 Å². The first kappa shape index (κ1) is 20.8. The molecule has 1 aliphatic rings. The summed E-state index contributed by atoms with van der Waals surface area (Å²) in [6.45, 7) is 2.47. The number of non-ortho nitro benzene ring substituents is 1. The number of nitrogens with zero attached hydrogens (tertiary/aromatic N) is 2. The molecule has 0 aliphatic carbocycles. The zero-order valence-electron chi connectivity index (χ0n) is 16.3. The number of thiocarbonyl (C=S) groups is 1. The van der Waals surface area contributed by atoms with Crippen LogP contribution in [0.1, 0.15) is 12.7 Å². The summed E-state index contributed by atoms with van der Waals surface area (Å²) in [5.74, 6) is 1.53. The molecule has 1 amide bonds. The van der Waals surface area contributed by atoms with Crippen molar-refractivity contribution in [3.63, 3.8) is 0 Å². The van der Waals surface area contributed by atoms with Crippen molar-refractivity contribution in [2.24, 2.45) is 0 Å². The molecule has 0 radical (unpaired) electrons. The molecule has 2 aromatic carbocycles. The van der Waals surface area contributed by atoms with Crippen molar-refractivity contribution < 1.29 is 18.9 Å². The van der Waals surface area contributed by atoms with Gasteiger partial charge in [0.2, 0.25) is 0 Å². The van der Waals surface area contributed by atoms with Gasteiger partial charge in [-0.3, -0.25) is 19.8 Å². The number of carbonyl (C=O) groups is 1. The number of nitro groups is 1. The lowest BCUT2D eigenvalue weighted by Crippen LogP contribution is -2.27. The SMILES string of the molecule is CCOc1ccc(N2C(=O)/C(=C\c3ccc(-c4ccc([N+](=O)[O-])cc4)o3)SC2=S)cc1. The van der Waals surface area contributed by atoms with Crippen LogP contribution in [-0.4, -0.2) is 21.8 Å². The van der Waals surface area contributed by atoms with Crippen LogP contribution in [0.3, 0.4) is 0 Å². The van der Waals surface area contributed by atoms with Gasteiger partial charge in [-0.1, -0.05) is 24.0 Å². The Bertz CT molecular complexity index is 1180. The summed E-state index contributed by atoms with van der Waals surface area (Å²) in [5, 5.41) is 10.8. The van der Waals surface area contributed by atoms with Crippen molar-refractivity contribution >= 4 is 51.7 Å².